The second kappa shape index (κ2) is 7.27. The molecule has 1 atom stereocenters. The van der Waals surface area contributed by atoms with Crippen LogP contribution in [0.4, 0.5) is 4.39 Å². The minimum Gasteiger partial charge on any atom is -0.468 e. The molecule has 1 aromatic rings. The lowest BCUT2D eigenvalue weighted by atomic mass is 9.95. The highest BCUT2D eigenvalue weighted by Crippen LogP contribution is 2.43. The molecular weight excluding hydrogens is 289 g/mol. The topological polar surface area (TPSA) is 38.3 Å². The van der Waals surface area contributed by atoms with E-state index in [1.165, 1.54) is 19.2 Å². The van der Waals surface area contributed by atoms with Gasteiger partial charge in [0, 0.05) is 10.6 Å². The quantitative estimate of drug-likeness (QED) is 0.591. The number of halogens is 1. The van der Waals surface area contributed by atoms with E-state index in [2.05, 4.69) is 12.2 Å². The van der Waals surface area contributed by atoms with E-state index in [1.54, 1.807) is 23.9 Å². The van der Waals surface area contributed by atoms with Crippen LogP contribution in [0.1, 0.15) is 26.2 Å². The number of ether oxygens (including phenoxy) is 1. The molecule has 21 heavy (non-hydrogen) atoms. The van der Waals surface area contributed by atoms with E-state index in [1.807, 2.05) is 0 Å². The predicted octanol–water partition coefficient (Wildman–Crippen LogP) is 3.24. The fourth-order valence-corrected chi connectivity index (χ4v) is 3.62. The Morgan fingerprint density at radius 1 is 1.43 bits per heavy atom. The first-order chi connectivity index (χ1) is 10.1. The number of thioether (sulfide) groups is 1. The molecule has 0 radical (unpaired) electrons. The normalized spacial score (nSPS) is 17.3. The third-order valence-electron chi connectivity index (χ3n) is 3.79. The Kier molecular flexibility index (Phi) is 5.65. The van der Waals surface area contributed by atoms with Crippen molar-refractivity contribution in [1.82, 2.24) is 5.32 Å². The van der Waals surface area contributed by atoms with Crippen LogP contribution in [-0.4, -0.2) is 30.9 Å². The Morgan fingerprint density at radius 3 is 2.62 bits per heavy atom. The molecule has 0 aliphatic heterocycles. The third-order valence-corrected chi connectivity index (χ3v) is 5.00. The van der Waals surface area contributed by atoms with Crippen molar-refractivity contribution < 1.29 is 13.9 Å². The molecule has 5 heteroatoms. The number of esters is 1. The summed E-state index contributed by atoms with van der Waals surface area (Å²) in [6, 6.07) is 6.38. The Labute approximate surface area is 129 Å². The lowest BCUT2D eigenvalue weighted by Gasteiger charge is -2.32. The van der Waals surface area contributed by atoms with Crippen LogP contribution in [0.15, 0.2) is 29.2 Å². The Balaban J connectivity index is 2.10. The zero-order valence-electron chi connectivity index (χ0n) is 12.5. The molecule has 1 aliphatic carbocycles. The fourth-order valence-electron chi connectivity index (χ4n) is 2.45. The molecule has 0 bridgehead atoms. The van der Waals surface area contributed by atoms with Crippen LogP contribution in [0, 0.1) is 11.7 Å². The highest BCUT2D eigenvalue weighted by Gasteiger charge is 2.51. The van der Waals surface area contributed by atoms with Gasteiger partial charge in [0.2, 0.25) is 0 Å². The van der Waals surface area contributed by atoms with E-state index in [-0.39, 0.29) is 11.8 Å². The number of hydrogen-bond donors (Lipinski definition) is 1. The molecule has 2 rings (SSSR count). The number of nitrogens with one attached hydrogen (secondary N) is 1. The molecule has 0 heterocycles. The van der Waals surface area contributed by atoms with Gasteiger partial charge in [0.1, 0.15) is 11.4 Å². The summed E-state index contributed by atoms with van der Waals surface area (Å²) in [6.07, 6.45) is 3.07. The summed E-state index contributed by atoms with van der Waals surface area (Å²) in [5.74, 6) is 0.512. The molecule has 0 amide bonds. The van der Waals surface area contributed by atoms with Gasteiger partial charge in [-0.05, 0) is 56.0 Å². The maximum atomic E-state index is 13.0. The van der Waals surface area contributed by atoms with Crippen molar-refractivity contribution in [2.75, 3.05) is 19.4 Å². The first-order valence-corrected chi connectivity index (χ1v) is 8.32. The van der Waals surface area contributed by atoms with Gasteiger partial charge in [-0.15, -0.1) is 11.8 Å². The second-order valence-corrected chi connectivity index (χ2v) is 6.46. The monoisotopic (exact) mass is 311 g/mol. The van der Waals surface area contributed by atoms with Gasteiger partial charge in [-0.3, -0.25) is 4.79 Å². The molecule has 1 N–H and O–H groups in total. The smallest absolute Gasteiger partial charge is 0.327 e. The largest absolute Gasteiger partial charge is 0.468 e. The van der Waals surface area contributed by atoms with E-state index >= 15 is 0 Å². The van der Waals surface area contributed by atoms with Crippen LogP contribution in [0.25, 0.3) is 0 Å². The minimum absolute atomic E-state index is 0.187. The van der Waals surface area contributed by atoms with Crippen molar-refractivity contribution in [3.8, 4) is 0 Å². The van der Waals surface area contributed by atoms with Gasteiger partial charge in [0.15, 0.2) is 0 Å². The van der Waals surface area contributed by atoms with E-state index in [0.717, 1.165) is 30.7 Å². The Bertz CT molecular complexity index is 476. The van der Waals surface area contributed by atoms with Crippen LogP contribution < -0.4 is 5.32 Å². The first kappa shape index (κ1) is 16.3. The lowest BCUT2D eigenvalue weighted by Crippen LogP contribution is -2.57. The molecule has 0 spiro atoms. The van der Waals surface area contributed by atoms with Gasteiger partial charge in [0.05, 0.1) is 7.11 Å². The highest BCUT2D eigenvalue weighted by molar-refractivity contribution is 7.99. The molecule has 0 aromatic heterocycles. The van der Waals surface area contributed by atoms with Gasteiger partial charge >= 0.3 is 5.97 Å². The third kappa shape index (κ3) is 3.98. The average Bonchev–Trinajstić information content (AvgIpc) is 3.34. The lowest BCUT2D eigenvalue weighted by molar-refractivity contribution is -0.148. The fraction of sp³-hybridized carbons (Fsp3) is 0.562. The van der Waals surface area contributed by atoms with Crippen molar-refractivity contribution in [3.63, 3.8) is 0 Å². The maximum Gasteiger partial charge on any atom is 0.327 e. The van der Waals surface area contributed by atoms with Crippen LogP contribution in [0.3, 0.4) is 0 Å². The summed E-state index contributed by atoms with van der Waals surface area (Å²) in [5.41, 5.74) is -0.621. The van der Waals surface area contributed by atoms with Crippen molar-refractivity contribution in [1.29, 1.82) is 0 Å². The summed E-state index contributed by atoms with van der Waals surface area (Å²) >= 11 is 1.57. The molecular formula is C16H22FNO2S. The van der Waals surface area contributed by atoms with Gasteiger partial charge < -0.3 is 10.1 Å². The van der Waals surface area contributed by atoms with E-state index in [0.29, 0.717) is 11.7 Å². The zero-order chi connectivity index (χ0) is 15.3. The summed E-state index contributed by atoms with van der Waals surface area (Å²) < 4.78 is 18.0. The van der Waals surface area contributed by atoms with Crippen molar-refractivity contribution in [3.05, 3.63) is 30.1 Å². The molecule has 1 aliphatic rings. The van der Waals surface area contributed by atoms with Crippen molar-refractivity contribution in [2.45, 2.75) is 36.6 Å². The molecule has 0 saturated heterocycles. The summed E-state index contributed by atoms with van der Waals surface area (Å²) in [5, 5.41) is 3.41. The number of carbonyl (C=O) groups excluding carboxylic acids is 1. The minimum atomic E-state index is -0.621. The average molecular weight is 311 g/mol. The summed E-state index contributed by atoms with van der Waals surface area (Å²) in [6.45, 7) is 2.87. The number of rotatable bonds is 8. The van der Waals surface area contributed by atoms with E-state index in [4.69, 9.17) is 4.74 Å². The number of carbonyl (C=O) groups is 1. The van der Waals surface area contributed by atoms with Crippen LogP contribution in [0.5, 0.6) is 0 Å². The second-order valence-electron chi connectivity index (χ2n) is 5.41. The predicted molar refractivity (Wildman–Crippen MR) is 82.9 cm³/mol. The highest BCUT2D eigenvalue weighted by atomic mass is 32.2. The first-order valence-electron chi connectivity index (χ1n) is 7.34. The Morgan fingerprint density at radius 2 is 2.10 bits per heavy atom. The SMILES string of the molecule is CCCNC(CSc1ccc(F)cc1)(C(=O)OC)C1CC1. The standard InChI is InChI=1S/C16H22FNO2S/c1-3-10-18-16(12-4-5-12,15(19)20-2)11-21-14-8-6-13(17)7-9-14/h6-9,12,18H,3-5,10-11H2,1-2H3. The maximum absolute atomic E-state index is 13.0. The van der Waals surface area contributed by atoms with E-state index < -0.39 is 5.54 Å². The molecule has 1 aromatic carbocycles. The number of benzene rings is 1. The van der Waals surface area contributed by atoms with E-state index in [9.17, 15) is 9.18 Å². The van der Waals surface area contributed by atoms with Crippen molar-refractivity contribution >= 4 is 17.7 Å². The van der Waals surface area contributed by atoms with Crippen LogP contribution in [-0.2, 0) is 9.53 Å². The molecule has 3 nitrogen and oxygen atoms in total. The van der Waals surface area contributed by atoms with Crippen LogP contribution in [0.2, 0.25) is 0 Å². The molecule has 1 saturated carbocycles. The molecule has 1 unspecified atom stereocenters. The number of hydrogen-bond acceptors (Lipinski definition) is 4. The Hall–Kier alpha value is -1.07. The summed E-state index contributed by atoms with van der Waals surface area (Å²) in [7, 11) is 1.44. The van der Waals surface area contributed by atoms with Crippen molar-refractivity contribution in [2.24, 2.45) is 5.92 Å². The summed E-state index contributed by atoms with van der Waals surface area (Å²) in [4.78, 5) is 13.3. The number of methoxy groups -OCH3 is 1. The molecule has 116 valence electrons. The van der Waals surface area contributed by atoms with Gasteiger partial charge in [-0.25, -0.2) is 4.39 Å². The van der Waals surface area contributed by atoms with Gasteiger partial charge in [0.25, 0.3) is 0 Å². The zero-order valence-corrected chi connectivity index (χ0v) is 13.3. The van der Waals surface area contributed by atoms with Crippen LogP contribution >= 0.6 is 11.8 Å². The van der Waals surface area contributed by atoms with Gasteiger partial charge in [-0.1, -0.05) is 6.92 Å². The van der Waals surface area contributed by atoms with Gasteiger partial charge in [-0.2, -0.15) is 0 Å². The molecule has 1 fully saturated rings.